The van der Waals surface area contributed by atoms with Gasteiger partial charge in [0.1, 0.15) is 0 Å². The van der Waals surface area contributed by atoms with E-state index in [-0.39, 0.29) is 13.2 Å². The molecule has 0 heterocycles. The quantitative estimate of drug-likeness (QED) is 0.463. The summed E-state index contributed by atoms with van der Waals surface area (Å²) in [6.07, 6.45) is 10.9. The summed E-state index contributed by atoms with van der Waals surface area (Å²) in [5.74, 6) is 4.06. The Balaban J connectivity index is 1.70. The molecule has 0 aromatic heterocycles. The molecule has 2 rings (SSSR count). The van der Waals surface area contributed by atoms with Gasteiger partial charge in [-0.2, -0.15) is 0 Å². The van der Waals surface area contributed by atoms with Gasteiger partial charge in [0.15, 0.2) is 0 Å². The molecule has 2 aromatic rings. The molecule has 0 bridgehead atoms. The second-order valence-corrected chi connectivity index (χ2v) is 5.07. The van der Waals surface area contributed by atoms with Crippen LogP contribution in [-0.2, 0) is 9.47 Å². The van der Waals surface area contributed by atoms with Gasteiger partial charge in [0.25, 0.3) is 0 Å². The van der Waals surface area contributed by atoms with Gasteiger partial charge in [-0.3, -0.25) is 0 Å². The minimum atomic E-state index is -0.445. The van der Waals surface area contributed by atoms with Crippen LogP contribution < -0.4 is 0 Å². The lowest BCUT2D eigenvalue weighted by molar-refractivity contribution is 0.0396. The van der Waals surface area contributed by atoms with Gasteiger partial charge in [0, 0.05) is 17.5 Å². The number of ether oxygens (including phenoxy) is 2. The average Bonchev–Trinajstić information content (AvgIpc) is 2.67. The fraction of sp³-hybridized carbons (Fsp3) is 0.143. The van der Waals surface area contributed by atoms with Gasteiger partial charge in [-0.05, 0) is 48.5 Å². The Morgan fingerprint density at radius 2 is 1.08 bits per heavy atom. The van der Waals surface area contributed by atoms with Crippen LogP contribution in [0.15, 0.2) is 48.5 Å². The first-order valence-electron chi connectivity index (χ1n) is 7.61. The number of carbonyl (C=O) groups is 2. The summed E-state index contributed by atoms with van der Waals surface area (Å²) in [5, 5.41) is 0. The summed E-state index contributed by atoms with van der Waals surface area (Å²) >= 11 is 0. The molecule has 0 saturated heterocycles. The zero-order valence-corrected chi connectivity index (χ0v) is 13.5. The molecule has 2 aromatic carbocycles. The Morgan fingerprint density at radius 3 is 1.40 bits per heavy atom. The Bertz CT molecular complexity index is 747. The molecule has 0 radical (unpaired) electrons. The molecule has 4 nitrogen and oxygen atoms in total. The maximum atomic E-state index is 11.8. The van der Waals surface area contributed by atoms with E-state index in [1.807, 2.05) is 0 Å². The highest BCUT2D eigenvalue weighted by Gasteiger charge is 2.08. The van der Waals surface area contributed by atoms with Crippen LogP contribution in [0.5, 0.6) is 0 Å². The molecule has 0 atom stereocenters. The largest absolute Gasteiger partial charge is 0.462 e. The van der Waals surface area contributed by atoms with Crippen LogP contribution in [-0.4, -0.2) is 25.2 Å². The van der Waals surface area contributed by atoms with Crippen LogP contribution in [0.4, 0.5) is 0 Å². The predicted octanol–water partition coefficient (Wildman–Crippen LogP) is 3.05. The van der Waals surface area contributed by atoms with E-state index in [1.165, 1.54) is 0 Å². The predicted molar refractivity (Wildman–Crippen MR) is 93.9 cm³/mol. The normalized spacial score (nSPS) is 9.52. The lowest BCUT2D eigenvalue weighted by Gasteiger charge is -2.06. The molecular weight excluding hydrogens is 316 g/mol. The molecule has 25 heavy (non-hydrogen) atoms. The van der Waals surface area contributed by atoms with E-state index in [0.717, 1.165) is 0 Å². The smallest absolute Gasteiger partial charge is 0.338 e. The third-order valence-corrected chi connectivity index (χ3v) is 3.33. The molecule has 124 valence electrons. The SMILES string of the molecule is C#Cc1ccc(C(=O)OCCCOC(=O)c2ccc(C#C)cc2)cc1. The average molecular weight is 332 g/mol. The molecular formula is C21H16O4. The monoisotopic (exact) mass is 332 g/mol. The number of esters is 2. The Hall–Kier alpha value is -3.50. The van der Waals surface area contributed by atoms with Crippen LogP contribution in [0.3, 0.4) is 0 Å². The third-order valence-electron chi connectivity index (χ3n) is 3.33. The van der Waals surface area contributed by atoms with Crippen molar-refractivity contribution in [2.75, 3.05) is 13.2 Å². The van der Waals surface area contributed by atoms with Crippen LogP contribution in [0.2, 0.25) is 0 Å². The van der Waals surface area contributed by atoms with Crippen molar-refractivity contribution in [3.8, 4) is 24.7 Å². The number of hydrogen-bond donors (Lipinski definition) is 0. The Labute approximate surface area is 146 Å². The van der Waals surface area contributed by atoms with E-state index < -0.39 is 11.9 Å². The molecule has 0 saturated carbocycles. The van der Waals surface area contributed by atoms with Gasteiger partial charge >= 0.3 is 11.9 Å². The minimum Gasteiger partial charge on any atom is -0.462 e. The van der Waals surface area contributed by atoms with E-state index in [0.29, 0.717) is 28.7 Å². The second-order valence-electron chi connectivity index (χ2n) is 5.07. The van der Waals surface area contributed by atoms with Crippen molar-refractivity contribution in [3.63, 3.8) is 0 Å². The van der Waals surface area contributed by atoms with Crippen LogP contribution in [0.25, 0.3) is 0 Å². The highest BCUT2D eigenvalue weighted by Crippen LogP contribution is 2.07. The number of benzene rings is 2. The van der Waals surface area contributed by atoms with Gasteiger partial charge in [0.05, 0.1) is 24.3 Å². The number of rotatable bonds is 6. The summed E-state index contributed by atoms with van der Waals surface area (Å²) in [7, 11) is 0. The molecule has 0 fully saturated rings. The first-order chi connectivity index (χ1) is 12.1. The first kappa shape index (κ1) is 17.8. The zero-order chi connectivity index (χ0) is 18.1. The standard InChI is InChI=1S/C21H16O4/c1-3-16-6-10-18(11-7-16)20(22)24-14-5-15-25-21(23)19-12-8-17(4-2)9-13-19/h1-2,6-13H,5,14-15H2. The summed E-state index contributed by atoms with van der Waals surface area (Å²) in [5.41, 5.74) is 2.23. The van der Waals surface area contributed by atoms with Crippen molar-refractivity contribution >= 4 is 11.9 Å². The highest BCUT2D eigenvalue weighted by atomic mass is 16.5. The highest BCUT2D eigenvalue weighted by molar-refractivity contribution is 5.90. The molecule has 0 unspecified atom stereocenters. The third kappa shape index (κ3) is 5.27. The minimum absolute atomic E-state index is 0.152. The summed E-state index contributed by atoms with van der Waals surface area (Å²) < 4.78 is 10.2. The summed E-state index contributed by atoms with van der Waals surface area (Å²) in [6.45, 7) is 0.304. The van der Waals surface area contributed by atoms with E-state index in [1.54, 1.807) is 48.5 Å². The van der Waals surface area contributed by atoms with Crippen LogP contribution in [0.1, 0.15) is 38.3 Å². The van der Waals surface area contributed by atoms with Crippen molar-refractivity contribution in [2.45, 2.75) is 6.42 Å². The molecule has 0 N–H and O–H groups in total. The van der Waals surface area contributed by atoms with Gasteiger partial charge in [0.2, 0.25) is 0 Å². The lowest BCUT2D eigenvalue weighted by Crippen LogP contribution is -2.11. The Morgan fingerprint density at radius 1 is 0.720 bits per heavy atom. The topological polar surface area (TPSA) is 52.6 Å². The zero-order valence-electron chi connectivity index (χ0n) is 13.5. The lowest BCUT2D eigenvalue weighted by atomic mass is 10.1. The molecule has 0 aliphatic rings. The maximum absolute atomic E-state index is 11.8. The molecule has 0 amide bonds. The van der Waals surface area contributed by atoms with Crippen molar-refractivity contribution in [1.29, 1.82) is 0 Å². The number of terminal acetylenes is 2. The van der Waals surface area contributed by atoms with Crippen molar-refractivity contribution in [2.24, 2.45) is 0 Å². The number of carbonyl (C=O) groups excluding carboxylic acids is 2. The van der Waals surface area contributed by atoms with E-state index in [2.05, 4.69) is 11.8 Å². The molecule has 4 heteroatoms. The van der Waals surface area contributed by atoms with Gasteiger partial charge in [-0.1, -0.05) is 11.8 Å². The van der Waals surface area contributed by atoms with Gasteiger partial charge in [-0.15, -0.1) is 12.8 Å². The number of hydrogen-bond acceptors (Lipinski definition) is 4. The van der Waals surface area contributed by atoms with Gasteiger partial charge in [-0.25, -0.2) is 9.59 Å². The molecule has 0 aliphatic heterocycles. The van der Waals surface area contributed by atoms with E-state index in [4.69, 9.17) is 22.3 Å². The summed E-state index contributed by atoms with van der Waals surface area (Å²) in [6, 6.07) is 13.1. The van der Waals surface area contributed by atoms with E-state index >= 15 is 0 Å². The van der Waals surface area contributed by atoms with Crippen molar-refractivity contribution in [3.05, 3.63) is 70.8 Å². The molecule has 0 spiro atoms. The van der Waals surface area contributed by atoms with Crippen LogP contribution >= 0.6 is 0 Å². The van der Waals surface area contributed by atoms with Gasteiger partial charge < -0.3 is 9.47 Å². The van der Waals surface area contributed by atoms with Crippen molar-refractivity contribution < 1.29 is 19.1 Å². The fourth-order valence-electron chi connectivity index (χ4n) is 1.96. The van der Waals surface area contributed by atoms with E-state index in [9.17, 15) is 9.59 Å². The Kier molecular flexibility index (Phi) is 6.39. The molecule has 0 aliphatic carbocycles. The van der Waals surface area contributed by atoms with Crippen LogP contribution in [0, 0.1) is 24.7 Å². The van der Waals surface area contributed by atoms with Crippen molar-refractivity contribution in [1.82, 2.24) is 0 Å². The maximum Gasteiger partial charge on any atom is 0.338 e. The fourth-order valence-corrected chi connectivity index (χ4v) is 1.96. The summed E-state index contributed by atoms with van der Waals surface area (Å²) in [4.78, 5) is 23.7. The first-order valence-corrected chi connectivity index (χ1v) is 7.61. The second kappa shape index (κ2) is 8.96.